The van der Waals surface area contributed by atoms with Gasteiger partial charge in [-0.05, 0) is 25.0 Å². The van der Waals surface area contributed by atoms with Crippen LogP contribution in [0.4, 0.5) is 8.78 Å². The summed E-state index contributed by atoms with van der Waals surface area (Å²) in [6.45, 7) is 0.236. The lowest BCUT2D eigenvalue weighted by Crippen LogP contribution is -2.42. The Morgan fingerprint density at radius 2 is 2.00 bits per heavy atom. The van der Waals surface area contributed by atoms with Crippen molar-refractivity contribution in [2.45, 2.75) is 41.9 Å². The van der Waals surface area contributed by atoms with Crippen molar-refractivity contribution < 1.29 is 18.7 Å². The zero-order chi connectivity index (χ0) is 15.5. The molecule has 2 rings (SSSR count). The molecule has 1 saturated carbocycles. The van der Waals surface area contributed by atoms with E-state index in [9.17, 15) is 18.7 Å². The number of benzene rings is 1. The Bertz CT molecular complexity index is 504. The standard InChI is InChI=1S/C15H19F2NO2S/c1-18(10-15(20)8-4-5-9-15)13(19)11-6-2-3-7-12(11)21-14(16)17/h2-3,6-7,14,20H,4-5,8-10H2,1H3. The molecular formula is C15H19F2NO2S. The van der Waals surface area contributed by atoms with Crippen molar-refractivity contribution in [3.63, 3.8) is 0 Å². The molecule has 3 nitrogen and oxygen atoms in total. The Morgan fingerprint density at radius 3 is 2.62 bits per heavy atom. The lowest BCUT2D eigenvalue weighted by Gasteiger charge is -2.29. The van der Waals surface area contributed by atoms with E-state index in [1.807, 2.05) is 0 Å². The number of carbonyl (C=O) groups excluding carboxylic acids is 1. The molecule has 1 amide bonds. The Hall–Kier alpha value is -1.14. The maximum atomic E-state index is 12.6. The number of hydrogen-bond acceptors (Lipinski definition) is 3. The van der Waals surface area contributed by atoms with Crippen molar-refractivity contribution in [3.05, 3.63) is 29.8 Å². The molecule has 0 unspecified atom stereocenters. The predicted molar refractivity (Wildman–Crippen MR) is 78.7 cm³/mol. The Morgan fingerprint density at radius 1 is 1.38 bits per heavy atom. The van der Waals surface area contributed by atoms with Crippen molar-refractivity contribution in [2.75, 3.05) is 13.6 Å². The van der Waals surface area contributed by atoms with Crippen molar-refractivity contribution in [2.24, 2.45) is 0 Å². The van der Waals surface area contributed by atoms with Crippen LogP contribution in [-0.2, 0) is 0 Å². The molecule has 1 aromatic rings. The third-order valence-electron chi connectivity index (χ3n) is 3.75. The number of alkyl halides is 2. The molecule has 0 heterocycles. The summed E-state index contributed by atoms with van der Waals surface area (Å²) >= 11 is 0.369. The Labute approximate surface area is 127 Å². The average Bonchev–Trinajstić information content (AvgIpc) is 2.84. The summed E-state index contributed by atoms with van der Waals surface area (Å²) in [5.74, 6) is -2.90. The van der Waals surface area contributed by atoms with E-state index in [0.717, 1.165) is 12.8 Å². The van der Waals surface area contributed by atoms with Crippen LogP contribution in [-0.4, -0.2) is 40.9 Å². The van der Waals surface area contributed by atoms with E-state index in [1.54, 1.807) is 25.2 Å². The second kappa shape index (κ2) is 6.75. The van der Waals surface area contributed by atoms with Gasteiger partial charge < -0.3 is 10.0 Å². The van der Waals surface area contributed by atoms with Gasteiger partial charge in [0.15, 0.2) is 0 Å². The second-order valence-corrected chi connectivity index (χ2v) is 6.50. The minimum Gasteiger partial charge on any atom is -0.388 e. The SMILES string of the molecule is CN(CC1(O)CCCC1)C(=O)c1ccccc1SC(F)F. The van der Waals surface area contributed by atoms with E-state index < -0.39 is 11.4 Å². The summed E-state index contributed by atoms with van der Waals surface area (Å²) in [5, 5.41) is 10.4. The van der Waals surface area contributed by atoms with Gasteiger partial charge in [-0.3, -0.25) is 4.79 Å². The lowest BCUT2D eigenvalue weighted by molar-refractivity contribution is 0.0155. The summed E-state index contributed by atoms with van der Waals surface area (Å²) < 4.78 is 25.1. The maximum Gasteiger partial charge on any atom is 0.288 e. The minimum atomic E-state index is -2.57. The molecule has 6 heteroatoms. The number of halogens is 2. The molecule has 0 aromatic heterocycles. The van der Waals surface area contributed by atoms with Crippen LogP contribution in [0.25, 0.3) is 0 Å². The van der Waals surface area contributed by atoms with Crippen LogP contribution >= 0.6 is 11.8 Å². The lowest BCUT2D eigenvalue weighted by atomic mass is 10.0. The van der Waals surface area contributed by atoms with Crippen LogP contribution in [0.5, 0.6) is 0 Å². The third-order valence-corrected chi connectivity index (χ3v) is 4.53. The monoisotopic (exact) mass is 315 g/mol. The highest BCUT2D eigenvalue weighted by molar-refractivity contribution is 7.99. The largest absolute Gasteiger partial charge is 0.388 e. The van der Waals surface area contributed by atoms with Gasteiger partial charge in [0.25, 0.3) is 11.7 Å². The molecule has 0 spiro atoms. The normalized spacial score (nSPS) is 17.2. The van der Waals surface area contributed by atoms with Crippen LogP contribution in [0.15, 0.2) is 29.2 Å². The van der Waals surface area contributed by atoms with Crippen molar-refractivity contribution in [1.29, 1.82) is 0 Å². The van der Waals surface area contributed by atoms with Crippen LogP contribution in [0.1, 0.15) is 36.0 Å². The first kappa shape index (κ1) is 16.2. The molecule has 0 aliphatic heterocycles. The highest BCUT2D eigenvalue weighted by Crippen LogP contribution is 2.32. The first-order valence-corrected chi connectivity index (χ1v) is 7.81. The van der Waals surface area contributed by atoms with E-state index in [4.69, 9.17) is 0 Å². The van der Waals surface area contributed by atoms with Gasteiger partial charge in [-0.25, -0.2) is 0 Å². The van der Waals surface area contributed by atoms with Crippen molar-refractivity contribution in [3.8, 4) is 0 Å². The van der Waals surface area contributed by atoms with Crippen molar-refractivity contribution in [1.82, 2.24) is 4.90 Å². The van der Waals surface area contributed by atoms with Crippen molar-refractivity contribution >= 4 is 17.7 Å². The van der Waals surface area contributed by atoms with Gasteiger partial charge in [0.05, 0.1) is 11.2 Å². The Kier molecular flexibility index (Phi) is 5.22. The smallest absolute Gasteiger partial charge is 0.288 e. The number of aliphatic hydroxyl groups is 1. The van der Waals surface area contributed by atoms with Gasteiger partial charge in [-0.1, -0.05) is 36.7 Å². The molecule has 116 valence electrons. The van der Waals surface area contributed by atoms with E-state index in [0.29, 0.717) is 24.6 Å². The molecule has 1 aliphatic carbocycles. The molecule has 1 N–H and O–H groups in total. The van der Waals surface area contributed by atoms with Gasteiger partial charge in [0.1, 0.15) is 0 Å². The first-order chi connectivity index (χ1) is 9.91. The van der Waals surface area contributed by atoms with E-state index in [2.05, 4.69) is 0 Å². The third kappa shape index (κ3) is 4.17. The van der Waals surface area contributed by atoms with Crippen LogP contribution in [0.3, 0.4) is 0 Å². The van der Waals surface area contributed by atoms with Gasteiger partial charge in [0, 0.05) is 18.5 Å². The van der Waals surface area contributed by atoms with Crippen LogP contribution in [0, 0.1) is 0 Å². The molecule has 1 aromatic carbocycles. The Balaban J connectivity index is 2.12. The van der Waals surface area contributed by atoms with E-state index in [-0.39, 0.29) is 22.9 Å². The van der Waals surface area contributed by atoms with E-state index >= 15 is 0 Å². The summed E-state index contributed by atoms with van der Waals surface area (Å²) in [7, 11) is 1.60. The minimum absolute atomic E-state index is 0.236. The number of hydrogen-bond donors (Lipinski definition) is 1. The van der Waals surface area contributed by atoms with E-state index in [1.165, 1.54) is 11.0 Å². The average molecular weight is 315 g/mol. The number of nitrogens with zero attached hydrogens (tertiary/aromatic N) is 1. The zero-order valence-corrected chi connectivity index (χ0v) is 12.7. The number of rotatable bonds is 5. The number of likely N-dealkylation sites (N-methyl/N-ethyl adjacent to an activating group) is 1. The summed E-state index contributed by atoms with van der Waals surface area (Å²) in [4.78, 5) is 14.1. The highest BCUT2D eigenvalue weighted by Gasteiger charge is 2.34. The summed E-state index contributed by atoms with van der Waals surface area (Å²) in [6.07, 6.45) is 3.27. The molecule has 0 atom stereocenters. The molecule has 0 saturated heterocycles. The predicted octanol–water partition coefficient (Wildman–Crippen LogP) is 3.38. The molecule has 21 heavy (non-hydrogen) atoms. The van der Waals surface area contributed by atoms with Crippen LogP contribution in [0.2, 0.25) is 0 Å². The first-order valence-electron chi connectivity index (χ1n) is 6.93. The maximum absolute atomic E-state index is 12.6. The molecule has 0 bridgehead atoms. The number of amides is 1. The van der Waals surface area contributed by atoms with Gasteiger partial charge >= 0.3 is 0 Å². The summed E-state index contributed by atoms with van der Waals surface area (Å²) in [5.41, 5.74) is -0.582. The number of thioether (sulfide) groups is 1. The quantitative estimate of drug-likeness (QED) is 0.847. The fourth-order valence-corrected chi connectivity index (χ4v) is 3.38. The summed E-state index contributed by atoms with van der Waals surface area (Å²) in [6, 6.07) is 6.34. The molecular weight excluding hydrogens is 296 g/mol. The highest BCUT2D eigenvalue weighted by atomic mass is 32.2. The zero-order valence-electron chi connectivity index (χ0n) is 11.9. The molecule has 0 radical (unpaired) electrons. The van der Waals surface area contributed by atoms with Gasteiger partial charge in [0.2, 0.25) is 0 Å². The fourth-order valence-electron chi connectivity index (χ4n) is 2.75. The number of carbonyl (C=O) groups is 1. The topological polar surface area (TPSA) is 40.5 Å². The second-order valence-electron chi connectivity index (χ2n) is 5.47. The molecule has 1 fully saturated rings. The molecule has 1 aliphatic rings. The van der Waals surface area contributed by atoms with Gasteiger partial charge in [-0.2, -0.15) is 8.78 Å². The van der Waals surface area contributed by atoms with Gasteiger partial charge in [-0.15, -0.1) is 0 Å². The fraction of sp³-hybridized carbons (Fsp3) is 0.533. The van der Waals surface area contributed by atoms with Crippen LogP contribution < -0.4 is 0 Å².